The maximum absolute atomic E-state index is 12.7. The molecular weight excluding hydrogens is 253 g/mol. The van der Waals surface area contributed by atoms with Gasteiger partial charge in [-0.05, 0) is 31.0 Å². The standard InChI is InChI=1S/C13H13ClFN3/c1-9-17-12(14)8-13(18-9)16-7-6-10-2-4-11(15)5-3-10/h2-5,8H,6-7H2,1H3,(H,16,17,18). The highest BCUT2D eigenvalue weighted by Gasteiger charge is 1.99. The Morgan fingerprint density at radius 3 is 2.61 bits per heavy atom. The Balaban J connectivity index is 1.90. The lowest BCUT2D eigenvalue weighted by molar-refractivity contribution is 0.627. The summed E-state index contributed by atoms with van der Waals surface area (Å²) in [5, 5.41) is 3.58. The SMILES string of the molecule is Cc1nc(Cl)cc(NCCc2ccc(F)cc2)n1. The lowest BCUT2D eigenvalue weighted by atomic mass is 10.1. The van der Waals surface area contributed by atoms with Crippen LogP contribution in [0.25, 0.3) is 0 Å². The molecule has 94 valence electrons. The molecule has 1 aromatic heterocycles. The second kappa shape index (κ2) is 5.78. The van der Waals surface area contributed by atoms with Gasteiger partial charge in [-0.1, -0.05) is 23.7 Å². The Kier molecular flexibility index (Phi) is 4.10. The molecular formula is C13H13ClFN3. The first-order valence-electron chi connectivity index (χ1n) is 5.63. The van der Waals surface area contributed by atoms with Gasteiger partial charge in [0.15, 0.2) is 0 Å². The van der Waals surface area contributed by atoms with Gasteiger partial charge in [0.2, 0.25) is 0 Å². The summed E-state index contributed by atoms with van der Waals surface area (Å²) in [6.07, 6.45) is 0.793. The molecule has 0 saturated heterocycles. The van der Waals surface area contributed by atoms with E-state index in [9.17, 15) is 4.39 Å². The number of benzene rings is 1. The Morgan fingerprint density at radius 1 is 1.22 bits per heavy atom. The van der Waals surface area contributed by atoms with Crippen LogP contribution in [0.1, 0.15) is 11.4 Å². The average Bonchev–Trinajstić information content (AvgIpc) is 2.30. The molecule has 0 bridgehead atoms. The molecule has 2 aromatic rings. The number of aryl methyl sites for hydroxylation is 1. The second-order valence-corrected chi connectivity index (χ2v) is 4.31. The van der Waals surface area contributed by atoms with Crippen LogP contribution in [0.2, 0.25) is 5.15 Å². The molecule has 1 heterocycles. The molecule has 0 saturated carbocycles. The van der Waals surface area contributed by atoms with Gasteiger partial charge in [-0.3, -0.25) is 0 Å². The number of halogens is 2. The van der Waals surface area contributed by atoms with E-state index in [1.165, 1.54) is 12.1 Å². The first-order valence-corrected chi connectivity index (χ1v) is 6.01. The van der Waals surface area contributed by atoms with Crippen LogP contribution in [0, 0.1) is 12.7 Å². The lowest BCUT2D eigenvalue weighted by Gasteiger charge is -2.06. The summed E-state index contributed by atoms with van der Waals surface area (Å²) < 4.78 is 12.7. The molecule has 2 rings (SSSR count). The molecule has 0 radical (unpaired) electrons. The highest BCUT2D eigenvalue weighted by molar-refractivity contribution is 6.29. The molecule has 0 atom stereocenters. The van der Waals surface area contributed by atoms with Crippen LogP contribution in [-0.2, 0) is 6.42 Å². The number of rotatable bonds is 4. The van der Waals surface area contributed by atoms with Gasteiger partial charge in [-0.25, -0.2) is 14.4 Å². The van der Waals surface area contributed by atoms with Crippen LogP contribution in [-0.4, -0.2) is 16.5 Å². The highest BCUT2D eigenvalue weighted by atomic mass is 35.5. The molecule has 1 aromatic carbocycles. The maximum Gasteiger partial charge on any atom is 0.134 e. The van der Waals surface area contributed by atoms with Crippen molar-refractivity contribution in [2.45, 2.75) is 13.3 Å². The minimum absolute atomic E-state index is 0.218. The van der Waals surface area contributed by atoms with Crippen molar-refractivity contribution < 1.29 is 4.39 Å². The normalized spacial score (nSPS) is 10.4. The summed E-state index contributed by atoms with van der Waals surface area (Å²) in [5.41, 5.74) is 1.07. The number of hydrogen-bond acceptors (Lipinski definition) is 3. The van der Waals surface area contributed by atoms with Crippen molar-refractivity contribution in [1.29, 1.82) is 0 Å². The third kappa shape index (κ3) is 3.67. The molecule has 0 amide bonds. The van der Waals surface area contributed by atoms with Crippen molar-refractivity contribution in [2.75, 3.05) is 11.9 Å². The van der Waals surface area contributed by atoms with E-state index < -0.39 is 0 Å². The van der Waals surface area contributed by atoms with Crippen LogP contribution in [0.4, 0.5) is 10.2 Å². The van der Waals surface area contributed by atoms with Gasteiger partial charge in [-0.15, -0.1) is 0 Å². The quantitative estimate of drug-likeness (QED) is 0.863. The van der Waals surface area contributed by atoms with E-state index in [0.717, 1.165) is 12.0 Å². The van der Waals surface area contributed by atoms with Crippen molar-refractivity contribution in [2.24, 2.45) is 0 Å². The summed E-state index contributed by atoms with van der Waals surface area (Å²) >= 11 is 5.83. The van der Waals surface area contributed by atoms with Gasteiger partial charge in [0.05, 0.1) is 0 Å². The highest BCUT2D eigenvalue weighted by Crippen LogP contribution is 2.11. The first-order chi connectivity index (χ1) is 8.63. The molecule has 0 aliphatic carbocycles. The minimum atomic E-state index is -0.218. The summed E-state index contributed by atoms with van der Waals surface area (Å²) in [5.74, 6) is 1.12. The summed E-state index contributed by atoms with van der Waals surface area (Å²) in [4.78, 5) is 8.20. The van der Waals surface area contributed by atoms with Gasteiger partial charge in [0.1, 0.15) is 22.6 Å². The Morgan fingerprint density at radius 2 is 1.94 bits per heavy atom. The molecule has 3 nitrogen and oxygen atoms in total. The fourth-order valence-corrected chi connectivity index (χ4v) is 1.83. The third-order valence-electron chi connectivity index (χ3n) is 2.44. The maximum atomic E-state index is 12.7. The number of nitrogens with zero attached hydrogens (tertiary/aromatic N) is 2. The second-order valence-electron chi connectivity index (χ2n) is 3.93. The first kappa shape index (κ1) is 12.8. The van der Waals surface area contributed by atoms with Gasteiger partial charge < -0.3 is 5.32 Å². The van der Waals surface area contributed by atoms with Crippen molar-refractivity contribution in [1.82, 2.24) is 9.97 Å². The fraction of sp³-hybridized carbons (Fsp3) is 0.231. The topological polar surface area (TPSA) is 37.8 Å². The van der Waals surface area contributed by atoms with Crippen molar-refractivity contribution in [3.05, 3.63) is 52.7 Å². The third-order valence-corrected chi connectivity index (χ3v) is 2.63. The number of nitrogens with one attached hydrogen (secondary N) is 1. The predicted molar refractivity (Wildman–Crippen MR) is 70.4 cm³/mol. The van der Waals surface area contributed by atoms with Crippen LogP contribution < -0.4 is 5.32 Å². The zero-order chi connectivity index (χ0) is 13.0. The van der Waals surface area contributed by atoms with Crippen LogP contribution >= 0.6 is 11.6 Å². The van der Waals surface area contributed by atoms with E-state index in [1.54, 1.807) is 25.1 Å². The molecule has 0 aliphatic rings. The minimum Gasteiger partial charge on any atom is -0.370 e. The monoisotopic (exact) mass is 265 g/mol. The fourth-order valence-electron chi connectivity index (χ4n) is 1.61. The van der Waals surface area contributed by atoms with Crippen LogP contribution in [0.3, 0.4) is 0 Å². The van der Waals surface area contributed by atoms with E-state index in [-0.39, 0.29) is 5.82 Å². The molecule has 0 aliphatic heterocycles. The van der Waals surface area contributed by atoms with Crippen molar-refractivity contribution in [3.8, 4) is 0 Å². The van der Waals surface area contributed by atoms with Crippen molar-refractivity contribution >= 4 is 17.4 Å². The number of aromatic nitrogens is 2. The lowest BCUT2D eigenvalue weighted by Crippen LogP contribution is -2.07. The van der Waals surface area contributed by atoms with Gasteiger partial charge in [0, 0.05) is 12.6 Å². The summed E-state index contributed by atoms with van der Waals surface area (Å²) in [6.45, 7) is 2.50. The zero-order valence-electron chi connectivity index (χ0n) is 9.95. The largest absolute Gasteiger partial charge is 0.370 e. The van der Waals surface area contributed by atoms with Crippen LogP contribution in [0.15, 0.2) is 30.3 Å². The van der Waals surface area contributed by atoms with E-state index in [4.69, 9.17) is 11.6 Å². The van der Waals surface area contributed by atoms with Gasteiger partial charge >= 0.3 is 0 Å². The molecule has 5 heteroatoms. The Bertz CT molecular complexity index is 508. The van der Waals surface area contributed by atoms with Crippen molar-refractivity contribution in [3.63, 3.8) is 0 Å². The van der Waals surface area contributed by atoms with E-state index in [1.807, 2.05) is 0 Å². The molecule has 0 fully saturated rings. The molecule has 18 heavy (non-hydrogen) atoms. The van der Waals surface area contributed by atoms with E-state index >= 15 is 0 Å². The van der Waals surface area contributed by atoms with E-state index in [0.29, 0.717) is 23.3 Å². The average molecular weight is 266 g/mol. The number of anilines is 1. The van der Waals surface area contributed by atoms with Gasteiger partial charge in [-0.2, -0.15) is 0 Å². The summed E-state index contributed by atoms with van der Waals surface area (Å²) in [6, 6.07) is 8.14. The molecule has 0 unspecified atom stereocenters. The summed E-state index contributed by atoms with van der Waals surface area (Å²) in [7, 11) is 0. The van der Waals surface area contributed by atoms with E-state index in [2.05, 4.69) is 15.3 Å². The number of hydrogen-bond donors (Lipinski definition) is 1. The van der Waals surface area contributed by atoms with Crippen LogP contribution in [0.5, 0.6) is 0 Å². The Labute approximate surface area is 110 Å². The Hall–Kier alpha value is -1.68. The zero-order valence-corrected chi connectivity index (χ0v) is 10.7. The molecule has 1 N–H and O–H groups in total. The molecule has 0 spiro atoms. The smallest absolute Gasteiger partial charge is 0.134 e. The van der Waals surface area contributed by atoms with Gasteiger partial charge in [0.25, 0.3) is 0 Å². The predicted octanol–water partition coefficient (Wildman–Crippen LogP) is 3.23.